The second-order valence-electron chi connectivity index (χ2n) is 5.13. The lowest BCUT2D eigenvalue weighted by molar-refractivity contribution is 0.178. The third-order valence-electron chi connectivity index (χ3n) is 3.76. The van der Waals surface area contributed by atoms with Crippen LogP contribution in [0.2, 0.25) is 0 Å². The van der Waals surface area contributed by atoms with Gasteiger partial charge in [0.15, 0.2) is 0 Å². The summed E-state index contributed by atoms with van der Waals surface area (Å²) in [4.78, 5) is 0. The Morgan fingerprint density at radius 1 is 1.24 bits per heavy atom. The van der Waals surface area contributed by atoms with Crippen LogP contribution in [0.5, 0.6) is 5.75 Å². The van der Waals surface area contributed by atoms with Crippen molar-refractivity contribution >= 4 is 0 Å². The first kappa shape index (κ1) is 12.4. The van der Waals surface area contributed by atoms with E-state index in [4.69, 9.17) is 9.84 Å². The topological polar surface area (TPSA) is 29.5 Å². The van der Waals surface area contributed by atoms with E-state index in [2.05, 4.69) is 26.0 Å². The Kier molecular flexibility index (Phi) is 4.06. The van der Waals surface area contributed by atoms with Gasteiger partial charge in [-0.3, -0.25) is 0 Å². The number of aryl methyl sites for hydroxylation is 2. The van der Waals surface area contributed by atoms with Crippen molar-refractivity contribution in [1.82, 2.24) is 0 Å². The van der Waals surface area contributed by atoms with E-state index in [-0.39, 0.29) is 6.61 Å². The second kappa shape index (κ2) is 5.54. The molecule has 0 unspecified atom stereocenters. The zero-order chi connectivity index (χ0) is 12.3. The zero-order valence-electron chi connectivity index (χ0n) is 10.8. The monoisotopic (exact) mass is 234 g/mol. The minimum atomic E-state index is 0.183. The van der Waals surface area contributed by atoms with Crippen LogP contribution in [0.15, 0.2) is 12.1 Å². The van der Waals surface area contributed by atoms with Crippen molar-refractivity contribution in [3.05, 3.63) is 28.8 Å². The molecule has 0 amide bonds. The van der Waals surface area contributed by atoms with Crippen molar-refractivity contribution in [2.45, 2.75) is 39.5 Å². The predicted octanol–water partition coefficient (Wildman–Crippen LogP) is 3.02. The van der Waals surface area contributed by atoms with Gasteiger partial charge in [-0.1, -0.05) is 12.5 Å². The average molecular weight is 234 g/mol. The first-order valence-corrected chi connectivity index (χ1v) is 6.54. The molecule has 0 saturated heterocycles. The Bertz CT molecular complexity index is 381. The molecule has 2 heteroatoms. The molecule has 94 valence electrons. The molecule has 0 atom stereocenters. The van der Waals surface area contributed by atoms with Gasteiger partial charge >= 0.3 is 0 Å². The highest BCUT2D eigenvalue weighted by Gasteiger charge is 2.18. The molecule has 1 saturated carbocycles. The first-order valence-electron chi connectivity index (χ1n) is 6.54. The number of hydrogen-bond acceptors (Lipinski definition) is 2. The van der Waals surface area contributed by atoms with Crippen molar-refractivity contribution in [1.29, 1.82) is 0 Å². The molecule has 0 aromatic heterocycles. The maximum atomic E-state index is 9.08. The van der Waals surface area contributed by atoms with E-state index in [1.165, 1.54) is 30.4 Å². The highest BCUT2D eigenvalue weighted by atomic mass is 16.5. The third-order valence-corrected chi connectivity index (χ3v) is 3.76. The number of aliphatic hydroxyl groups is 1. The largest absolute Gasteiger partial charge is 0.493 e. The Morgan fingerprint density at radius 2 is 1.94 bits per heavy atom. The van der Waals surface area contributed by atoms with Gasteiger partial charge in [0.1, 0.15) is 5.75 Å². The molecule has 17 heavy (non-hydrogen) atoms. The summed E-state index contributed by atoms with van der Waals surface area (Å²) in [6.45, 7) is 5.23. The van der Waals surface area contributed by atoms with Gasteiger partial charge in [-0.25, -0.2) is 0 Å². The van der Waals surface area contributed by atoms with E-state index in [0.29, 0.717) is 6.42 Å². The minimum absolute atomic E-state index is 0.183. The van der Waals surface area contributed by atoms with Crippen LogP contribution in [0.3, 0.4) is 0 Å². The average Bonchev–Trinajstić information content (AvgIpc) is 2.23. The summed E-state index contributed by atoms with van der Waals surface area (Å²) in [5.74, 6) is 1.72. The SMILES string of the molecule is Cc1cc(CCO)c(OCC2CCC2)cc1C. The molecule has 1 N–H and O–H groups in total. The lowest BCUT2D eigenvalue weighted by Crippen LogP contribution is -2.19. The lowest BCUT2D eigenvalue weighted by atomic mass is 9.86. The molecule has 1 fully saturated rings. The molecule has 1 aromatic rings. The molecule has 1 aliphatic carbocycles. The summed E-state index contributed by atoms with van der Waals surface area (Å²) < 4.78 is 5.92. The molecule has 1 aromatic carbocycles. The number of ether oxygens (including phenoxy) is 1. The van der Waals surface area contributed by atoms with Gasteiger partial charge in [0, 0.05) is 6.61 Å². The molecule has 0 aliphatic heterocycles. The van der Waals surface area contributed by atoms with Crippen LogP contribution in [0.1, 0.15) is 36.0 Å². The van der Waals surface area contributed by atoms with Gasteiger partial charge in [-0.2, -0.15) is 0 Å². The number of benzene rings is 1. The van der Waals surface area contributed by atoms with Gasteiger partial charge in [-0.15, -0.1) is 0 Å². The Labute approximate surface area is 104 Å². The third kappa shape index (κ3) is 3.01. The standard InChI is InChI=1S/C15H22O2/c1-11-8-14(6-7-16)15(9-12(11)2)17-10-13-4-3-5-13/h8-9,13,16H,3-7,10H2,1-2H3. The predicted molar refractivity (Wildman–Crippen MR) is 69.5 cm³/mol. The van der Waals surface area contributed by atoms with Gasteiger partial charge in [0.05, 0.1) is 6.61 Å². The summed E-state index contributed by atoms with van der Waals surface area (Å²) in [7, 11) is 0. The van der Waals surface area contributed by atoms with Crippen molar-refractivity contribution in [3.8, 4) is 5.75 Å². The van der Waals surface area contributed by atoms with Gasteiger partial charge in [0.25, 0.3) is 0 Å². The minimum Gasteiger partial charge on any atom is -0.493 e. The molecule has 1 aliphatic rings. The summed E-state index contributed by atoms with van der Waals surface area (Å²) in [5.41, 5.74) is 3.66. The van der Waals surface area contributed by atoms with Crippen molar-refractivity contribution in [2.75, 3.05) is 13.2 Å². The quantitative estimate of drug-likeness (QED) is 0.848. The van der Waals surface area contributed by atoms with Gasteiger partial charge < -0.3 is 9.84 Å². The van der Waals surface area contributed by atoms with E-state index < -0.39 is 0 Å². The number of aliphatic hydroxyl groups excluding tert-OH is 1. The van der Waals surface area contributed by atoms with Crippen molar-refractivity contribution < 1.29 is 9.84 Å². The lowest BCUT2D eigenvalue weighted by Gasteiger charge is -2.26. The van der Waals surface area contributed by atoms with Crippen LogP contribution in [0.25, 0.3) is 0 Å². The Balaban J connectivity index is 2.08. The molecule has 0 bridgehead atoms. The fourth-order valence-electron chi connectivity index (χ4n) is 2.17. The second-order valence-corrected chi connectivity index (χ2v) is 5.13. The molecule has 2 nitrogen and oxygen atoms in total. The molecular weight excluding hydrogens is 212 g/mol. The van der Waals surface area contributed by atoms with Crippen molar-refractivity contribution in [3.63, 3.8) is 0 Å². The number of rotatable bonds is 5. The zero-order valence-corrected chi connectivity index (χ0v) is 10.8. The molecule has 0 heterocycles. The summed E-state index contributed by atoms with van der Waals surface area (Å²) in [6, 6.07) is 4.25. The van der Waals surface area contributed by atoms with Crippen LogP contribution in [-0.2, 0) is 6.42 Å². The maximum absolute atomic E-state index is 9.08. The highest BCUT2D eigenvalue weighted by Crippen LogP contribution is 2.29. The molecular formula is C15H22O2. The van der Waals surface area contributed by atoms with Crippen LogP contribution in [0, 0.1) is 19.8 Å². The van der Waals surface area contributed by atoms with Crippen LogP contribution < -0.4 is 4.74 Å². The fraction of sp³-hybridized carbons (Fsp3) is 0.600. The van der Waals surface area contributed by atoms with Gasteiger partial charge in [0.2, 0.25) is 0 Å². The first-order chi connectivity index (χ1) is 8.20. The highest BCUT2D eigenvalue weighted by molar-refractivity contribution is 5.42. The Morgan fingerprint density at radius 3 is 2.53 bits per heavy atom. The van der Waals surface area contributed by atoms with E-state index in [9.17, 15) is 0 Å². The number of hydrogen-bond donors (Lipinski definition) is 1. The fourth-order valence-corrected chi connectivity index (χ4v) is 2.17. The van der Waals surface area contributed by atoms with Crippen LogP contribution >= 0.6 is 0 Å². The molecule has 0 radical (unpaired) electrons. The van der Waals surface area contributed by atoms with Gasteiger partial charge in [-0.05, 0) is 61.8 Å². The smallest absolute Gasteiger partial charge is 0.122 e. The van der Waals surface area contributed by atoms with Crippen LogP contribution in [-0.4, -0.2) is 18.3 Å². The maximum Gasteiger partial charge on any atom is 0.122 e. The van der Waals surface area contributed by atoms with Crippen LogP contribution in [0.4, 0.5) is 0 Å². The van der Waals surface area contributed by atoms with E-state index in [1.807, 2.05) is 0 Å². The Hall–Kier alpha value is -1.02. The molecule has 2 rings (SSSR count). The van der Waals surface area contributed by atoms with E-state index in [0.717, 1.165) is 23.8 Å². The van der Waals surface area contributed by atoms with E-state index >= 15 is 0 Å². The van der Waals surface area contributed by atoms with E-state index in [1.54, 1.807) is 0 Å². The van der Waals surface area contributed by atoms with Crippen molar-refractivity contribution in [2.24, 2.45) is 5.92 Å². The normalized spacial score (nSPS) is 15.7. The summed E-state index contributed by atoms with van der Waals surface area (Å²) in [6.07, 6.45) is 4.64. The summed E-state index contributed by atoms with van der Waals surface area (Å²) >= 11 is 0. The molecule has 0 spiro atoms. The summed E-state index contributed by atoms with van der Waals surface area (Å²) in [5, 5.41) is 9.08.